The van der Waals surface area contributed by atoms with Crippen LogP contribution in [-0.4, -0.2) is 46.8 Å². The maximum atomic E-state index is 5.25. The Balaban J connectivity index is 1.57. The van der Waals surface area contributed by atoms with Gasteiger partial charge in [0.05, 0.1) is 31.3 Å². The molecule has 16 heavy (non-hydrogen) atoms. The predicted molar refractivity (Wildman–Crippen MR) is 61.4 cm³/mol. The Labute approximate surface area is 96.2 Å². The Morgan fingerprint density at radius 3 is 2.50 bits per heavy atom. The maximum Gasteiger partial charge on any atom is 0.0951 e. The summed E-state index contributed by atoms with van der Waals surface area (Å²) in [4.78, 5) is 6.88. The zero-order chi connectivity index (χ0) is 11.0. The molecule has 2 aliphatic heterocycles. The topological polar surface area (TPSA) is 30.3 Å². The van der Waals surface area contributed by atoms with Crippen LogP contribution in [0, 0.1) is 6.92 Å². The molecule has 3 heterocycles. The summed E-state index contributed by atoms with van der Waals surface area (Å²) in [6, 6.07) is 1.35. The van der Waals surface area contributed by atoms with Gasteiger partial charge in [0.25, 0.3) is 0 Å². The molecule has 0 spiro atoms. The summed E-state index contributed by atoms with van der Waals surface area (Å²) in [6.07, 6.45) is 6.62. The van der Waals surface area contributed by atoms with Crippen LogP contribution in [0.5, 0.6) is 0 Å². The van der Waals surface area contributed by atoms with Gasteiger partial charge in [0.15, 0.2) is 0 Å². The first kappa shape index (κ1) is 10.3. The molecule has 2 saturated heterocycles. The van der Waals surface area contributed by atoms with Gasteiger partial charge in [-0.25, -0.2) is 4.98 Å². The maximum absolute atomic E-state index is 5.25. The fraction of sp³-hybridized carbons (Fsp3) is 0.750. The van der Waals surface area contributed by atoms with E-state index in [1.807, 2.05) is 6.33 Å². The van der Waals surface area contributed by atoms with Gasteiger partial charge in [-0.3, -0.25) is 4.90 Å². The highest BCUT2D eigenvalue weighted by Gasteiger charge is 2.29. The zero-order valence-electron chi connectivity index (χ0n) is 9.80. The molecule has 0 bridgehead atoms. The van der Waals surface area contributed by atoms with Crippen molar-refractivity contribution in [3.63, 3.8) is 0 Å². The normalized spacial score (nSPS) is 24.6. The Bertz CT molecular complexity index is 351. The van der Waals surface area contributed by atoms with Gasteiger partial charge in [-0.05, 0) is 19.8 Å². The van der Waals surface area contributed by atoms with E-state index in [2.05, 4.69) is 27.6 Å². The summed E-state index contributed by atoms with van der Waals surface area (Å²) < 4.78 is 7.53. The molecule has 3 rings (SSSR count). The molecule has 0 aromatic carbocycles. The fourth-order valence-corrected chi connectivity index (χ4v) is 2.62. The molecule has 0 radical (unpaired) electrons. The van der Waals surface area contributed by atoms with Crippen LogP contribution in [0.4, 0.5) is 0 Å². The lowest BCUT2D eigenvalue weighted by atomic mass is 10.0. The molecule has 4 heteroatoms. The zero-order valence-corrected chi connectivity index (χ0v) is 9.80. The first-order chi connectivity index (χ1) is 7.83. The number of aryl methyl sites for hydroxylation is 1. The van der Waals surface area contributed by atoms with Crippen LogP contribution in [0.1, 0.15) is 24.6 Å². The van der Waals surface area contributed by atoms with Gasteiger partial charge in [-0.2, -0.15) is 0 Å². The minimum atomic E-state index is 0.651. The molecule has 1 aromatic rings. The first-order valence-electron chi connectivity index (χ1n) is 6.15. The van der Waals surface area contributed by atoms with Crippen LogP contribution in [-0.2, 0) is 4.74 Å². The summed E-state index contributed by atoms with van der Waals surface area (Å²) in [6.45, 7) is 6.34. The molecule has 0 amide bonds. The molecule has 4 nitrogen and oxygen atoms in total. The number of rotatable bonds is 2. The number of ether oxygens (including phenoxy) is 1. The van der Waals surface area contributed by atoms with Crippen LogP contribution in [0.25, 0.3) is 0 Å². The first-order valence-corrected chi connectivity index (χ1v) is 6.15. The van der Waals surface area contributed by atoms with Crippen molar-refractivity contribution in [2.24, 2.45) is 0 Å². The number of piperidine rings is 1. The minimum Gasteiger partial charge on any atom is -0.378 e. The standard InChI is InChI=1S/C12H19N3O/c1-10-6-15(9-13-10)11-2-4-14(5-3-11)12-7-16-8-12/h6,9,11-12H,2-5,7-8H2,1H3. The van der Waals surface area contributed by atoms with Crippen LogP contribution in [0.3, 0.4) is 0 Å². The summed E-state index contributed by atoms with van der Waals surface area (Å²) in [5.41, 5.74) is 1.12. The monoisotopic (exact) mass is 221 g/mol. The SMILES string of the molecule is Cc1cn(C2CCN(C3COC3)CC2)cn1. The van der Waals surface area contributed by atoms with E-state index in [1.54, 1.807) is 0 Å². The van der Waals surface area contributed by atoms with Crippen LogP contribution in [0.15, 0.2) is 12.5 Å². The number of likely N-dealkylation sites (tertiary alicyclic amines) is 1. The van der Waals surface area contributed by atoms with E-state index < -0.39 is 0 Å². The number of imidazole rings is 1. The van der Waals surface area contributed by atoms with E-state index in [0.717, 1.165) is 18.9 Å². The van der Waals surface area contributed by atoms with Crippen molar-refractivity contribution in [3.05, 3.63) is 18.2 Å². The van der Waals surface area contributed by atoms with E-state index in [0.29, 0.717) is 12.1 Å². The third-order valence-electron chi connectivity index (χ3n) is 3.79. The van der Waals surface area contributed by atoms with Gasteiger partial charge in [0.1, 0.15) is 0 Å². The number of hydrogen-bond acceptors (Lipinski definition) is 3. The highest BCUT2D eigenvalue weighted by atomic mass is 16.5. The molecule has 2 aliphatic rings. The molecule has 88 valence electrons. The Morgan fingerprint density at radius 2 is 2.00 bits per heavy atom. The summed E-state index contributed by atoms with van der Waals surface area (Å²) in [5.74, 6) is 0. The third kappa shape index (κ3) is 1.87. The fourth-order valence-electron chi connectivity index (χ4n) is 2.62. The second-order valence-electron chi connectivity index (χ2n) is 4.92. The molecule has 0 unspecified atom stereocenters. The van der Waals surface area contributed by atoms with Crippen molar-refractivity contribution in [3.8, 4) is 0 Å². The van der Waals surface area contributed by atoms with E-state index >= 15 is 0 Å². The molecule has 0 saturated carbocycles. The molecule has 2 fully saturated rings. The van der Waals surface area contributed by atoms with Crippen molar-refractivity contribution >= 4 is 0 Å². The average Bonchev–Trinajstić information content (AvgIpc) is 2.63. The van der Waals surface area contributed by atoms with Crippen LogP contribution >= 0.6 is 0 Å². The van der Waals surface area contributed by atoms with Crippen LogP contribution < -0.4 is 0 Å². The summed E-state index contributed by atoms with van der Waals surface area (Å²) in [5, 5.41) is 0. The highest BCUT2D eigenvalue weighted by Crippen LogP contribution is 2.25. The van der Waals surface area contributed by atoms with Gasteiger partial charge >= 0.3 is 0 Å². The largest absolute Gasteiger partial charge is 0.378 e. The molecular weight excluding hydrogens is 202 g/mol. The van der Waals surface area contributed by atoms with Gasteiger partial charge < -0.3 is 9.30 Å². The lowest BCUT2D eigenvalue weighted by molar-refractivity contribution is -0.0731. The van der Waals surface area contributed by atoms with E-state index in [4.69, 9.17) is 4.74 Å². The minimum absolute atomic E-state index is 0.651. The lowest BCUT2D eigenvalue weighted by Gasteiger charge is -2.41. The van der Waals surface area contributed by atoms with Crippen LogP contribution in [0.2, 0.25) is 0 Å². The van der Waals surface area contributed by atoms with Gasteiger partial charge in [0.2, 0.25) is 0 Å². The Kier molecular flexibility index (Phi) is 2.69. The number of aromatic nitrogens is 2. The van der Waals surface area contributed by atoms with Crippen molar-refractivity contribution in [1.82, 2.24) is 14.5 Å². The second-order valence-corrected chi connectivity index (χ2v) is 4.92. The van der Waals surface area contributed by atoms with Crippen molar-refractivity contribution in [2.75, 3.05) is 26.3 Å². The highest BCUT2D eigenvalue weighted by molar-refractivity contribution is 4.95. The Hall–Kier alpha value is -0.870. The lowest BCUT2D eigenvalue weighted by Crippen LogP contribution is -2.51. The van der Waals surface area contributed by atoms with Crippen molar-refractivity contribution in [2.45, 2.75) is 31.8 Å². The van der Waals surface area contributed by atoms with E-state index in [9.17, 15) is 0 Å². The predicted octanol–water partition coefficient (Wildman–Crippen LogP) is 1.23. The van der Waals surface area contributed by atoms with Gasteiger partial charge in [-0.1, -0.05) is 0 Å². The number of hydrogen-bond donors (Lipinski definition) is 0. The third-order valence-corrected chi connectivity index (χ3v) is 3.79. The molecule has 0 atom stereocenters. The van der Waals surface area contributed by atoms with Gasteiger partial charge in [-0.15, -0.1) is 0 Å². The van der Waals surface area contributed by atoms with Crippen molar-refractivity contribution < 1.29 is 4.74 Å². The molecule has 0 N–H and O–H groups in total. The van der Waals surface area contributed by atoms with Crippen molar-refractivity contribution in [1.29, 1.82) is 0 Å². The second kappa shape index (κ2) is 4.18. The smallest absolute Gasteiger partial charge is 0.0951 e. The van der Waals surface area contributed by atoms with E-state index in [-0.39, 0.29) is 0 Å². The average molecular weight is 221 g/mol. The van der Waals surface area contributed by atoms with Gasteiger partial charge in [0, 0.05) is 25.3 Å². The number of nitrogens with zero attached hydrogens (tertiary/aromatic N) is 3. The Morgan fingerprint density at radius 1 is 1.25 bits per heavy atom. The summed E-state index contributed by atoms with van der Waals surface area (Å²) >= 11 is 0. The molecule has 1 aromatic heterocycles. The molecule has 0 aliphatic carbocycles. The molecular formula is C12H19N3O. The van der Waals surface area contributed by atoms with E-state index in [1.165, 1.54) is 25.9 Å². The summed E-state index contributed by atoms with van der Waals surface area (Å²) in [7, 11) is 0. The quantitative estimate of drug-likeness (QED) is 0.752.